The Balaban J connectivity index is 0.00000191. The van der Waals surface area contributed by atoms with Crippen LogP contribution in [0.2, 0.25) is 0 Å². The summed E-state index contributed by atoms with van der Waals surface area (Å²) in [5.41, 5.74) is 3.02. The maximum absolute atomic E-state index is 11.8. The summed E-state index contributed by atoms with van der Waals surface area (Å²) in [5.74, 6) is -0.929. The molecule has 21 heavy (non-hydrogen) atoms. The number of methoxy groups -OCH3 is 1. The third-order valence-corrected chi connectivity index (χ3v) is 2.08. The molecule has 7 nitrogen and oxygen atoms in total. The molecule has 3 N–H and O–H groups in total. The second kappa shape index (κ2) is 9.35. The Hall–Kier alpha value is -2.57. The van der Waals surface area contributed by atoms with Gasteiger partial charge in [0.2, 0.25) is 0 Å². The molecule has 0 saturated heterocycles. The van der Waals surface area contributed by atoms with E-state index < -0.39 is 12.0 Å². The fourth-order valence-electron chi connectivity index (χ4n) is 1.21. The molecule has 0 aromatic heterocycles. The highest BCUT2D eigenvalue weighted by Gasteiger charge is 2.15. The van der Waals surface area contributed by atoms with Gasteiger partial charge in [0.05, 0.1) is 18.4 Å². The van der Waals surface area contributed by atoms with Crippen LogP contribution in [-0.2, 0) is 4.74 Å². The minimum absolute atomic E-state index is 0.00102. The summed E-state index contributed by atoms with van der Waals surface area (Å²) in [6, 6.07) is 4.37. The number of ether oxygens (including phenoxy) is 1. The van der Waals surface area contributed by atoms with Crippen LogP contribution in [0.1, 0.15) is 38.1 Å². The van der Waals surface area contributed by atoms with Crippen molar-refractivity contribution < 1.29 is 19.4 Å². The molecule has 0 aliphatic carbocycles. The van der Waals surface area contributed by atoms with Crippen LogP contribution in [0.25, 0.3) is 0 Å². The number of hydrogen-bond donors (Lipinski definition) is 3. The Kier molecular flexibility index (Phi) is 8.21. The van der Waals surface area contributed by atoms with E-state index in [1.807, 2.05) is 13.8 Å². The van der Waals surface area contributed by atoms with Gasteiger partial charge in [0.1, 0.15) is 0 Å². The molecular weight excluding hydrogens is 274 g/mol. The lowest BCUT2D eigenvalue weighted by Crippen LogP contribution is -2.19. The SMILES string of the molecule is CC.COC(=O)Nc1cccc(C(=O)NN=C(C)C)c1O. The second-order valence-corrected chi connectivity index (χ2v) is 3.82. The smallest absolute Gasteiger partial charge is 0.411 e. The Morgan fingerprint density at radius 3 is 2.38 bits per heavy atom. The van der Waals surface area contributed by atoms with Gasteiger partial charge in [-0.05, 0) is 26.0 Å². The van der Waals surface area contributed by atoms with E-state index in [0.29, 0.717) is 5.71 Å². The monoisotopic (exact) mass is 295 g/mol. The number of hydrogen-bond acceptors (Lipinski definition) is 5. The molecule has 0 aliphatic heterocycles. The number of para-hydroxylation sites is 1. The molecule has 116 valence electrons. The predicted octanol–water partition coefficient (Wildman–Crippen LogP) is 2.72. The molecular formula is C14H21N3O4. The second-order valence-electron chi connectivity index (χ2n) is 3.82. The van der Waals surface area contributed by atoms with Crippen LogP contribution in [-0.4, -0.2) is 29.9 Å². The average Bonchev–Trinajstić information content (AvgIpc) is 2.48. The predicted molar refractivity (Wildman–Crippen MR) is 81.7 cm³/mol. The van der Waals surface area contributed by atoms with Gasteiger partial charge in [-0.15, -0.1) is 0 Å². The van der Waals surface area contributed by atoms with E-state index in [1.165, 1.54) is 25.3 Å². The van der Waals surface area contributed by atoms with Crippen LogP contribution in [0.15, 0.2) is 23.3 Å². The Morgan fingerprint density at radius 1 is 1.24 bits per heavy atom. The summed E-state index contributed by atoms with van der Waals surface area (Å²) >= 11 is 0. The van der Waals surface area contributed by atoms with E-state index in [-0.39, 0.29) is 17.0 Å². The zero-order chi connectivity index (χ0) is 16.4. The highest BCUT2D eigenvalue weighted by molar-refractivity contribution is 6.00. The molecule has 0 fully saturated rings. The standard InChI is InChI=1S/C12H15N3O4.C2H6/c1-7(2)14-15-11(17)8-5-4-6-9(10(8)16)13-12(18)19-3;1-2/h4-6,16H,1-3H3,(H,13,18)(H,15,17);1-2H3. The molecule has 7 heteroatoms. The van der Waals surface area contributed by atoms with Crippen LogP contribution < -0.4 is 10.7 Å². The minimum atomic E-state index is -0.740. The summed E-state index contributed by atoms with van der Waals surface area (Å²) in [7, 11) is 1.20. The average molecular weight is 295 g/mol. The lowest BCUT2D eigenvalue weighted by molar-refractivity contribution is 0.0952. The number of phenols is 1. The van der Waals surface area contributed by atoms with Crippen LogP contribution in [0.5, 0.6) is 5.75 Å². The Morgan fingerprint density at radius 2 is 1.86 bits per heavy atom. The normalized spacial score (nSPS) is 8.81. The topological polar surface area (TPSA) is 100 Å². The van der Waals surface area contributed by atoms with Gasteiger partial charge in [0.15, 0.2) is 5.75 Å². The molecule has 0 spiro atoms. The highest BCUT2D eigenvalue weighted by Crippen LogP contribution is 2.27. The summed E-state index contributed by atoms with van der Waals surface area (Å²) in [5, 5.41) is 15.9. The van der Waals surface area contributed by atoms with E-state index in [2.05, 4.69) is 20.6 Å². The Bertz CT molecular complexity index is 523. The molecule has 1 rings (SSSR count). The number of benzene rings is 1. The van der Waals surface area contributed by atoms with Crippen LogP contribution in [0.4, 0.5) is 10.5 Å². The number of nitrogens with zero attached hydrogens (tertiary/aromatic N) is 1. The number of carbonyl (C=O) groups is 2. The third kappa shape index (κ3) is 5.94. The zero-order valence-corrected chi connectivity index (χ0v) is 12.9. The van der Waals surface area contributed by atoms with Crippen molar-refractivity contribution in [3.8, 4) is 5.75 Å². The lowest BCUT2D eigenvalue weighted by Gasteiger charge is -2.09. The van der Waals surface area contributed by atoms with Gasteiger partial charge in [-0.2, -0.15) is 5.10 Å². The first-order valence-corrected chi connectivity index (χ1v) is 6.44. The van der Waals surface area contributed by atoms with E-state index in [9.17, 15) is 14.7 Å². The summed E-state index contributed by atoms with van der Waals surface area (Å²) < 4.78 is 4.40. The van der Waals surface area contributed by atoms with Crippen molar-refractivity contribution in [2.75, 3.05) is 12.4 Å². The molecule has 0 radical (unpaired) electrons. The number of rotatable bonds is 3. The van der Waals surface area contributed by atoms with Gasteiger partial charge in [-0.1, -0.05) is 19.9 Å². The van der Waals surface area contributed by atoms with Crippen molar-refractivity contribution in [3.05, 3.63) is 23.8 Å². The van der Waals surface area contributed by atoms with Gasteiger partial charge < -0.3 is 9.84 Å². The molecule has 1 aromatic carbocycles. The number of carbonyl (C=O) groups excluding carboxylic acids is 2. The molecule has 0 saturated carbocycles. The van der Waals surface area contributed by atoms with Crippen LogP contribution in [0.3, 0.4) is 0 Å². The first-order valence-electron chi connectivity index (χ1n) is 6.44. The molecule has 0 bridgehead atoms. The van der Waals surface area contributed by atoms with Gasteiger partial charge in [-0.25, -0.2) is 10.2 Å². The number of aromatic hydroxyl groups is 1. The number of phenolic OH excluding ortho intramolecular Hbond substituents is 1. The number of anilines is 1. The molecule has 0 heterocycles. The maximum Gasteiger partial charge on any atom is 0.411 e. The zero-order valence-electron chi connectivity index (χ0n) is 12.9. The third-order valence-electron chi connectivity index (χ3n) is 2.08. The summed E-state index contributed by atoms with van der Waals surface area (Å²) in [6.45, 7) is 7.44. The molecule has 1 aromatic rings. The first kappa shape index (κ1) is 18.4. The van der Waals surface area contributed by atoms with E-state index in [1.54, 1.807) is 13.8 Å². The van der Waals surface area contributed by atoms with E-state index in [4.69, 9.17) is 0 Å². The van der Waals surface area contributed by atoms with Crippen LogP contribution >= 0.6 is 0 Å². The first-order chi connectivity index (χ1) is 9.95. The van der Waals surface area contributed by atoms with Gasteiger partial charge in [0.25, 0.3) is 5.91 Å². The summed E-state index contributed by atoms with van der Waals surface area (Å²) in [4.78, 5) is 22.8. The van der Waals surface area contributed by atoms with Crippen molar-refractivity contribution >= 4 is 23.4 Å². The number of amides is 2. The number of nitrogens with one attached hydrogen (secondary N) is 2. The number of hydrazone groups is 1. The molecule has 0 unspecified atom stereocenters. The lowest BCUT2D eigenvalue weighted by atomic mass is 10.1. The fourth-order valence-corrected chi connectivity index (χ4v) is 1.21. The maximum atomic E-state index is 11.8. The van der Waals surface area contributed by atoms with E-state index in [0.717, 1.165) is 0 Å². The summed E-state index contributed by atoms with van der Waals surface area (Å²) in [6.07, 6.45) is -0.740. The fraction of sp³-hybridized carbons (Fsp3) is 0.357. The van der Waals surface area contributed by atoms with Gasteiger partial charge >= 0.3 is 6.09 Å². The van der Waals surface area contributed by atoms with Crippen molar-refractivity contribution in [1.82, 2.24) is 5.43 Å². The molecule has 0 atom stereocenters. The van der Waals surface area contributed by atoms with E-state index >= 15 is 0 Å². The molecule has 2 amide bonds. The minimum Gasteiger partial charge on any atom is -0.505 e. The van der Waals surface area contributed by atoms with Crippen molar-refractivity contribution in [1.29, 1.82) is 0 Å². The molecule has 0 aliphatic rings. The van der Waals surface area contributed by atoms with Gasteiger partial charge in [-0.3, -0.25) is 10.1 Å². The Labute approximate surface area is 124 Å². The largest absolute Gasteiger partial charge is 0.505 e. The van der Waals surface area contributed by atoms with Crippen molar-refractivity contribution in [2.24, 2.45) is 5.10 Å². The quantitative estimate of drug-likeness (QED) is 0.453. The van der Waals surface area contributed by atoms with Crippen molar-refractivity contribution in [3.63, 3.8) is 0 Å². The van der Waals surface area contributed by atoms with Gasteiger partial charge in [0, 0.05) is 5.71 Å². The van der Waals surface area contributed by atoms with Crippen LogP contribution in [0, 0.1) is 0 Å². The highest BCUT2D eigenvalue weighted by atomic mass is 16.5. The van der Waals surface area contributed by atoms with Crippen molar-refractivity contribution in [2.45, 2.75) is 27.7 Å².